The second-order valence-corrected chi connectivity index (χ2v) is 4.69. The number of nitrogens with one attached hydrogen (secondary N) is 2. The van der Waals surface area contributed by atoms with E-state index >= 15 is 0 Å². The van der Waals surface area contributed by atoms with Gasteiger partial charge in [0.25, 0.3) is 0 Å². The number of amides is 2. The lowest BCUT2D eigenvalue weighted by atomic mass is 10.1. The average Bonchev–Trinajstić information content (AvgIpc) is 2.37. The molecular weight excluding hydrogens is 272 g/mol. The number of carboxylic acid groups (broad SMARTS) is 1. The molecule has 0 saturated carbocycles. The normalized spacial score (nSPS) is 10.0. The minimum atomic E-state index is -1.08. The Morgan fingerprint density at radius 1 is 1.38 bits per heavy atom. The first kappa shape index (κ1) is 16.7. The molecule has 0 heterocycles. The Hall–Kier alpha value is -2.34. The lowest BCUT2D eigenvalue weighted by Crippen LogP contribution is -2.32. The molecule has 0 aliphatic carbocycles. The van der Waals surface area contributed by atoms with Gasteiger partial charge in [-0.25, -0.2) is 9.59 Å². The average molecular weight is 292 g/mol. The molecule has 6 nitrogen and oxygen atoms in total. The zero-order chi connectivity index (χ0) is 15.8. The minimum Gasteiger partial charge on any atom is -0.478 e. The summed E-state index contributed by atoms with van der Waals surface area (Å²) in [6.07, 6.45) is 0. The number of carbonyl (C=O) groups is 2. The van der Waals surface area contributed by atoms with Crippen molar-refractivity contribution in [2.24, 2.45) is 0 Å². The highest BCUT2D eigenvalue weighted by Gasteiger charge is 2.14. The topological polar surface area (TPSA) is 87.7 Å². The van der Waals surface area contributed by atoms with Crippen molar-refractivity contribution in [3.05, 3.63) is 41.5 Å². The predicted octanol–water partition coefficient (Wildman–Crippen LogP) is 2.41. The maximum absolute atomic E-state index is 11.7. The zero-order valence-electron chi connectivity index (χ0n) is 12.2. The molecule has 0 aromatic heterocycles. The molecule has 0 atom stereocenters. The molecule has 114 valence electrons. The zero-order valence-corrected chi connectivity index (χ0v) is 12.2. The molecule has 0 spiro atoms. The van der Waals surface area contributed by atoms with Crippen LogP contribution in [0.15, 0.2) is 30.4 Å². The summed E-state index contributed by atoms with van der Waals surface area (Å²) in [5.41, 5.74) is 1.85. The third-order valence-electron chi connectivity index (χ3n) is 2.62. The lowest BCUT2D eigenvalue weighted by molar-refractivity contribution is 0.0697. The van der Waals surface area contributed by atoms with E-state index in [2.05, 4.69) is 17.2 Å². The van der Waals surface area contributed by atoms with Crippen molar-refractivity contribution in [1.82, 2.24) is 5.32 Å². The van der Waals surface area contributed by atoms with Gasteiger partial charge in [0, 0.05) is 6.54 Å². The number of ether oxygens (including phenoxy) is 1. The van der Waals surface area contributed by atoms with Crippen molar-refractivity contribution in [3.63, 3.8) is 0 Å². The number of benzene rings is 1. The largest absolute Gasteiger partial charge is 0.478 e. The SMILES string of the molecule is C=C(C)COCCNC(=O)Nc1cccc(C)c1C(=O)O. The highest BCUT2D eigenvalue weighted by Crippen LogP contribution is 2.19. The number of rotatable bonds is 7. The molecule has 0 bridgehead atoms. The van der Waals surface area contributed by atoms with Crippen molar-refractivity contribution >= 4 is 17.7 Å². The van der Waals surface area contributed by atoms with E-state index in [4.69, 9.17) is 9.84 Å². The summed E-state index contributed by atoms with van der Waals surface area (Å²) in [4.78, 5) is 22.9. The summed E-state index contributed by atoms with van der Waals surface area (Å²) in [7, 11) is 0. The smallest absolute Gasteiger partial charge is 0.338 e. The van der Waals surface area contributed by atoms with Gasteiger partial charge in [0.2, 0.25) is 0 Å². The van der Waals surface area contributed by atoms with Crippen molar-refractivity contribution in [3.8, 4) is 0 Å². The standard InChI is InChI=1S/C15H20N2O4/c1-10(2)9-21-8-7-16-15(20)17-12-6-4-5-11(3)13(12)14(18)19/h4-6H,1,7-9H2,2-3H3,(H,18,19)(H2,16,17,20). The van der Waals surface area contributed by atoms with Crippen LogP contribution in [0, 0.1) is 6.92 Å². The van der Waals surface area contributed by atoms with Crippen LogP contribution >= 0.6 is 0 Å². The Balaban J connectivity index is 2.50. The van der Waals surface area contributed by atoms with Crippen LogP contribution < -0.4 is 10.6 Å². The summed E-state index contributed by atoms with van der Waals surface area (Å²) in [5.74, 6) is -1.08. The van der Waals surface area contributed by atoms with Gasteiger partial charge in [-0.05, 0) is 25.5 Å². The third kappa shape index (κ3) is 5.66. The van der Waals surface area contributed by atoms with E-state index in [-0.39, 0.29) is 11.3 Å². The second kappa shape index (κ2) is 8.06. The van der Waals surface area contributed by atoms with Crippen LogP contribution in [-0.4, -0.2) is 36.9 Å². The molecular formula is C15H20N2O4. The maximum atomic E-state index is 11.7. The highest BCUT2D eigenvalue weighted by atomic mass is 16.5. The van der Waals surface area contributed by atoms with E-state index in [1.807, 2.05) is 6.92 Å². The van der Waals surface area contributed by atoms with Gasteiger partial charge in [-0.2, -0.15) is 0 Å². The van der Waals surface area contributed by atoms with Crippen LogP contribution in [0.5, 0.6) is 0 Å². The molecule has 1 aromatic carbocycles. The van der Waals surface area contributed by atoms with Gasteiger partial charge in [0.05, 0.1) is 24.5 Å². The molecule has 1 rings (SSSR count). The molecule has 2 amide bonds. The molecule has 0 unspecified atom stereocenters. The van der Waals surface area contributed by atoms with Crippen LogP contribution in [0.3, 0.4) is 0 Å². The first-order valence-electron chi connectivity index (χ1n) is 6.51. The predicted molar refractivity (Wildman–Crippen MR) is 80.8 cm³/mol. The summed E-state index contributed by atoms with van der Waals surface area (Å²) in [6, 6.07) is 4.45. The molecule has 0 aliphatic rings. The summed E-state index contributed by atoms with van der Waals surface area (Å²) < 4.78 is 5.24. The number of urea groups is 1. The van der Waals surface area contributed by atoms with Crippen LogP contribution in [0.2, 0.25) is 0 Å². The number of hydrogen-bond acceptors (Lipinski definition) is 3. The summed E-state index contributed by atoms with van der Waals surface area (Å²) >= 11 is 0. The quantitative estimate of drug-likeness (QED) is 0.532. The fourth-order valence-electron chi connectivity index (χ4n) is 1.71. The molecule has 0 radical (unpaired) electrons. The van der Waals surface area contributed by atoms with Crippen LogP contribution in [0.1, 0.15) is 22.8 Å². The van der Waals surface area contributed by atoms with Crippen molar-refractivity contribution in [2.45, 2.75) is 13.8 Å². The van der Waals surface area contributed by atoms with E-state index < -0.39 is 12.0 Å². The Labute approximate surface area is 123 Å². The number of carbonyl (C=O) groups excluding carboxylic acids is 1. The molecule has 0 fully saturated rings. The first-order chi connectivity index (χ1) is 9.91. The van der Waals surface area contributed by atoms with Gasteiger partial charge >= 0.3 is 12.0 Å². The van der Waals surface area contributed by atoms with E-state index in [0.29, 0.717) is 25.3 Å². The molecule has 1 aromatic rings. The van der Waals surface area contributed by atoms with Gasteiger partial charge in [0.1, 0.15) is 0 Å². The molecule has 21 heavy (non-hydrogen) atoms. The first-order valence-corrected chi connectivity index (χ1v) is 6.51. The molecule has 0 saturated heterocycles. The minimum absolute atomic E-state index is 0.0891. The Kier molecular flexibility index (Phi) is 6.42. The van der Waals surface area contributed by atoms with E-state index in [1.165, 1.54) is 0 Å². The number of hydrogen-bond donors (Lipinski definition) is 3. The van der Waals surface area contributed by atoms with Gasteiger partial charge in [-0.1, -0.05) is 24.3 Å². The van der Waals surface area contributed by atoms with Crippen LogP contribution in [-0.2, 0) is 4.74 Å². The van der Waals surface area contributed by atoms with Gasteiger partial charge < -0.3 is 20.5 Å². The second-order valence-electron chi connectivity index (χ2n) is 4.69. The number of anilines is 1. The number of carboxylic acids is 1. The molecule has 0 aliphatic heterocycles. The van der Waals surface area contributed by atoms with E-state index in [9.17, 15) is 9.59 Å². The van der Waals surface area contributed by atoms with Crippen molar-refractivity contribution in [1.29, 1.82) is 0 Å². The Morgan fingerprint density at radius 2 is 2.10 bits per heavy atom. The van der Waals surface area contributed by atoms with Crippen LogP contribution in [0.25, 0.3) is 0 Å². The Bertz CT molecular complexity index is 540. The van der Waals surface area contributed by atoms with Gasteiger partial charge in [-0.15, -0.1) is 0 Å². The van der Waals surface area contributed by atoms with Gasteiger partial charge in [-0.3, -0.25) is 0 Å². The van der Waals surface area contributed by atoms with Crippen molar-refractivity contribution < 1.29 is 19.4 Å². The Morgan fingerprint density at radius 3 is 2.71 bits per heavy atom. The van der Waals surface area contributed by atoms with Gasteiger partial charge in [0.15, 0.2) is 0 Å². The number of aryl methyl sites for hydroxylation is 1. The third-order valence-corrected chi connectivity index (χ3v) is 2.62. The molecule has 6 heteroatoms. The van der Waals surface area contributed by atoms with E-state index in [1.54, 1.807) is 25.1 Å². The summed E-state index contributed by atoms with van der Waals surface area (Å²) in [6.45, 7) is 8.37. The van der Waals surface area contributed by atoms with Crippen molar-refractivity contribution in [2.75, 3.05) is 25.1 Å². The highest BCUT2D eigenvalue weighted by molar-refractivity contribution is 6.01. The summed E-state index contributed by atoms with van der Waals surface area (Å²) in [5, 5.41) is 14.3. The van der Waals surface area contributed by atoms with Crippen LogP contribution in [0.4, 0.5) is 10.5 Å². The fraction of sp³-hybridized carbons (Fsp3) is 0.333. The maximum Gasteiger partial charge on any atom is 0.338 e. The number of aromatic carboxylic acids is 1. The lowest BCUT2D eigenvalue weighted by Gasteiger charge is -2.11. The monoisotopic (exact) mass is 292 g/mol. The van der Waals surface area contributed by atoms with E-state index in [0.717, 1.165) is 5.57 Å². The fourth-order valence-corrected chi connectivity index (χ4v) is 1.71. The molecule has 3 N–H and O–H groups in total.